The maximum absolute atomic E-state index is 13.2. The molecule has 4 heteroatoms. The van der Waals surface area contributed by atoms with E-state index < -0.39 is 0 Å². The third-order valence-corrected chi connectivity index (χ3v) is 5.58. The second-order valence-electron chi connectivity index (χ2n) is 7.23. The summed E-state index contributed by atoms with van der Waals surface area (Å²) in [6, 6.07) is 10.8. The molecule has 1 aromatic heterocycles. The number of rotatable bonds is 3. The smallest absolute Gasteiger partial charge is 0.230 e. The maximum Gasteiger partial charge on any atom is 0.230 e. The Morgan fingerprint density at radius 2 is 2.08 bits per heavy atom. The van der Waals surface area contributed by atoms with Crippen molar-refractivity contribution < 1.29 is 4.79 Å². The summed E-state index contributed by atoms with van der Waals surface area (Å²) in [5.74, 6) is 0.381. The second kappa shape index (κ2) is 6.08. The molecule has 2 unspecified atom stereocenters. The van der Waals surface area contributed by atoms with Crippen molar-refractivity contribution in [2.24, 2.45) is 0 Å². The van der Waals surface area contributed by atoms with E-state index in [1.165, 1.54) is 16.8 Å². The molecule has 1 aliphatic heterocycles. The van der Waals surface area contributed by atoms with Crippen LogP contribution in [-0.2, 0) is 17.8 Å². The Labute approximate surface area is 143 Å². The Hall–Kier alpha value is -2.10. The molecule has 2 aromatic rings. The quantitative estimate of drug-likeness (QED) is 0.870. The van der Waals surface area contributed by atoms with Crippen molar-refractivity contribution in [1.29, 1.82) is 0 Å². The van der Waals surface area contributed by atoms with Crippen LogP contribution in [0.1, 0.15) is 47.7 Å². The van der Waals surface area contributed by atoms with Crippen molar-refractivity contribution in [1.82, 2.24) is 14.7 Å². The summed E-state index contributed by atoms with van der Waals surface area (Å²) < 4.78 is 2.06. The van der Waals surface area contributed by atoms with Crippen molar-refractivity contribution >= 4 is 5.91 Å². The summed E-state index contributed by atoms with van der Waals surface area (Å²) in [6.45, 7) is 5.83. The average Bonchev–Trinajstić information content (AvgIpc) is 3.26. The zero-order valence-corrected chi connectivity index (χ0v) is 14.5. The van der Waals surface area contributed by atoms with Gasteiger partial charge in [0.2, 0.25) is 5.91 Å². The number of hydrogen-bond acceptors (Lipinski definition) is 2. The lowest BCUT2D eigenvalue weighted by Crippen LogP contribution is -2.40. The highest BCUT2D eigenvalue weighted by molar-refractivity contribution is 5.85. The van der Waals surface area contributed by atoms with Gasteiger partial charge in [-0.1, -0.05) is 24.3 Å². The van der Waals surface area contributed by atoms with E-state index in [0.717, 1.165) is 44.5 Å². The Morgan fingerprint density at radius 1 is 1.25 bits per heavy atom. The number of aromatic nitrogens is 2. The number of amides is 1. The zero-order chi connectivity index (χ0) is 16.7. The van der Waals surface area contributed by atoms with Crippen LogP contribution in [0.2, 0.25) is 0 Å². The molecule has 0 bridgehead atoms. The summed E-state index contributed by atoms with van der Waals surface area (Å²) in [7, 11) is 0. The normalized spacial score (nSPS) is 22.8. The fourth-order valence-electron chi connectivity index (χ4n) is 4.39. The minimum atomic E-state index is 0.0576. The SMILES string of the molecule is Cc1cc(C)n(CC2CCCN2C(=O)C2CCc3ccccc32)n1. The van der Waals surface area contributed by atoms with E-state index in [1.807, 2.05) is 6.92 Å². The van der Waals surface area contributed by atoms with Crippen LogP contribution in [0, 0.1) is 13.8 Å². The van der Waals surface area contributed by atoms with E-state index in [-0.39, 0.29) is 12.0 Å². The van der Waals surface area contributed by atoms with Crippen LogP contribution in [-0.4, -0.2) is 33.2 Å². The van der Waals surface area contributed by atoms with E-state index in [1.54, 1.807) is 0 Å². The number of aryl methyl sites for hydroxylation is 3. The standard InChI is InChI=1S/C20H25N3O/c1-14-12-15(2)23(21-14)13-17-7-5-11-22(17)20(24)19-10-9-16-6-3-4-8-18(16)19/h3-4,6,8,12,17,19H,5,7,9-11,13H2,1-2H3. The first-order chi connectivity index (χ1) is 11.6. The molecule has 1 fully saturated rings. The summed E-state index contributed by atoms with van der Waals surface area (Å²) in [6.07, 6.45) is 4.17. The second-order valence-corrected chi connectivity index (χ2v) is 7.23. The van der Waals surface area contributed by atoms with Crippen molar-refractivity contribution in [3.8, 4) is 0 Å². The van der Waals surface area contributed by atoms with E-state index in [0.29, 0.717) is 5.91 Å². The number of benzene rings is 1. The van der Waals surface area contributed by atoms with Gasteiger partial charge in [-0.2, -0.15) is 5.10 Å². The third-order valence-electron chi connectivity index (χ3n) is 5.58. The highest BCUT2D eigenvalue weighted by Gasteiger charge is 2.36. The largest absolute Gasteiger partial charge is 0.337 e. The molecule has 2 aliphatic rings. The van der Waals surface area contributed by atoms with Gasteiger partial charge < -0.3 is 4.90 Å². The van der Waals surface area contributed by atoms with Gasteiger partial charge in [-0.3, -0.25) is 9.48 Å². The van der Waals surface area contributed by atoms with Crippen LogP contribution >= 0.6 is 0 Å². The van der Waals surface area contributed by atoms with E-state index in [2.05, 4.69) is 51.9 Å². The molecule has 24 heavy (non-hydrogen) atoms. The molecule has 1 saturated heterocycles. The molecular formula is C20H25N3O. The van der Waals surface area contributed by atoms with Crippen LogP contribution in [0.3, 0.4) is 0 Å². The minimum absolute atomic E-state index is 0.0576. The van der Waals surface area contributed by atoms with E-state index >= 15 is 0 Å². The first kappa shape index (κ1) is 15.4. The number of carbonyl (C=O) groups excluding carboxylic acids is 1. The fourth-order valence-corrected chi connectivity index (χ4v) is 4.39. The average molecular weight is 323 g/mol. The molecule has 0 saturated carbocycles. The van der Waals surface area contributed by atoms with Crippen molar-refractivity contribution in [2.45, 2.75) is 58.0 Å². The lowest BCUT2D eigenvalue weighted by atomic mass is 9.99. The summed E-state index contributed by atoms with van der Waals surface area (Å²) >= 11 is 0. The molecule has 4 rings (SSSR count). The topological polar surface area (TPSA) is 38.1 Å². The van der Waals surface area contributed by atoms with Crippen LogP contribution in [0.15, 0.2) is 30.3 Å². The number of carbonyl (C=O) groups is 1. The summed E-state index contributed by atoms with van der Waals surface area (Å²) in [5, 5.41) is 4.58. The highest BCUT2D eigenvalue weighted by atomic mass is 16.2. The van der Waals surface area contributed by atoms with Gasteiger partial charge in [0.05, 0.1) is 24.2 Å². The van der Waals surface area contributed by atoms with Crippen LogP contribution in [0.4, 0.5) is 0 Å². The third kappa shape index (κ3) is 2.64. The first-order valence-electron chi connectivity index (χ1n) is 9.03. The number of fused-ring (bicyclic) bond motifs is 1. The van der Waals surface area contributed by atoms with Crippen LogP contribution in [0.25, 0.3) is 0 Å². The molecule has 0 radical (unpaired) electrons. The Kier molecular flexibility index (Phi) is 3.91. The molecule has 1 aromatic carbocycles. The van der Waals surface area contributed by atoms with Crippen LogP contribution < -0.4 is 0 Å². The number of likely N-dealkylation sites (tertiary alicyclic amines) is 1. The van der Waals surface area contributed by atoms with E-state index in [9.17, 15) is 4.79 Å². The Morgan fingerprint density at radius 3 is 2.88 bits per heavy atom. The van der Waals surface area contributed by atoms with Crippen molar-refractivity contribution in [3.05, 3.63) is 52.8 Å². The summed E-state index contributed by atoms with van der Waals surface area (Å²) in [4.78, 5) is 15.3. The zero-order valence-electron chi connectivity index (χ0n) is 14.5. The van der Waals surface area contributed by atoms with Crippen LogP contribution in [0.5, 0.6) is 0 Å². The Bertz CT molecular complexity index is 764. The fraction of sp³-hybridized carbons (Fsp3) is 0.500. The van der Waals surface area contributed by atoms with Gasteiger partial charge in [0, 0.05) is 12.2 Å². The minimum Gasteiger partial charge on any atom is -0.337 e. The summed E-state index contributed by atoms with van der Waals surface area (Å²) in [5.41, 5.74) is 4.83. The van der Waals surface area contributed by atoms with Crippen molar-refractivity contribution in [3.63, 3.8) is 0 Å². The van der Waals surface area contributed by atoms with Gasteiger partial charge in [-0.05, 0) is 56.7 Å². The van der Waals surface area contributed by atoms with Gasteiger partial charge in [-0.25, -0.2) is 0 Å². The molecule has 0 N–H and O–H groups in total. The molecule has 2 atom stereocenters. The van der Waals surface area contributed by atoms with Gasteiger partial charge in [0.15, 0.2) is 0 Å². The lowest BCUT2D eigenvalue weighted by molar-refractivity contribution is -0.133. The van der Waals surface area contributed by atoms with Gasteiger partial charge >= 0.3 is 0 Å². The molecule has 1 amide bonds. The first-order valence-corrected chi connectivity index (χ1v) is 9.03. The number of nitrogens with zero attached hydrogens (tertiary/aromatic N) is 3. The van der Waals surface area contributed by atoms with Gasteiger partial charge in [0.1, 0.15) is 0 Å². The van der Waals surface area contributed by atoms with Gasteiger partial charge in [0.25, 0.3) is 0 Å². The predicted octanol–water partition coefficient (Wildman–Crippen LogP) is 3.22. The Balaban J connectivity index is 1.53. The van der Waals surface area contributed by atoms with E-state index in [4.69, 9.17) is 0 Å². The molecule has 1 aliphatic carbocycles. The van der Waals surface area contributed by atoms with Crippen molar-refractivity contribution in [2.75, 3.05) is 6.54 Å². The van der Waals surface area contributed by atoms with Gasteiger partial charge in [-0.15, -0.1) is 0 Å². The highest BCUT2D eigenvalue weighted by Crippen LogP contribution is 2.36. The monoisotopic (exact) mass is 323 g/mol. The molecule has 0 spiro atoms. The molecule has 126 valence electrons. The predicted molar refractivity (Wildman–Crippen MR) is 93.9 cm³/mol. The molecular weight excluding hydrogens is 298 g/mol. The molecule has 4 nitrogen and oxygen atoms in total. The lowest BCUT2D eigenvalue weighted by Gasteiger charge is -2.28. The maximum atomic E-state index is 13.2. The number of hydrogen-bond donors (Lipinski definition) is 0. The molecule has 2 heterocycles.